The van der Waals surface area contributed by atoms with E-state index in [9.17, 15) is 8.42 Å². The molecule has 0 aliphatic carbocycles. The van der Waals surface area contributed by atoms with Crippen LogP contribution in [0.15, 0.2) is 53.8 Å². The number of nitrogens with one attached hydrogen (secondary N) is 1. The molecule has 10 heteroatoms. The molecule has 1 fully saturated rings. The molecule has 2 aromatic carbocycles. The average Bonchev–Trinajstić information content (AvgIpc) is 3.23. The van der Waals surface area contributed by atoms with Crippen molar-refractivity contribution in [2.45, 2.75) is 31.5 Å². The number of anilines is 1. The number of H-pyrrole nitrogens is 1. The van der Waals surface area contributed by atoms with Crippen molar-refractivity contribution in [3.8, 4) is 0 Å². The fraction of sp³-hybridized carbons (Fsp3) is 0.333. The number of hydrogen-bond donors (Lipinski definition) is 2. The molecule has 5 rings (SSSR count). The van der Waals surface area contributed by atoms with E-state index >= 15 is 0 Å². The van der Waals surface area contributed by atoms with Crippen molar-refractivity contribution in [2.75, 3.05) is 25.4 Å². The summed E-state index contributed by atoms with van der Waals surface area (Å²) in [5.41, 5.74) is 8.63. The number of halogens is 1. The van der Waals surface area contributed by atoms with Gasteiger partial charge in [-0.25, -0.2) is 18.4 Å². The molecule has 2 aromatic heterocycles. The molecule has 0 radical (unpaired) electrons. The lowest BCUT2D eigenvalue weighted by molar-refractivity contribution is 0.0803. The van der Waals surface area contributed by atoms with Gasteiger partial charge in [-0.2, -0.15) is 4.31 Å². The Labute approximate surface area is 203 Å². The molecule has 178 valence electrons. The molecule has 1 saturated heterocycles. The van der Waals surface area contributed by atoms with Crippen LogP contribution in [0.4, 0.5) is 5.82 Å². The molecule has 3 heterocycles. The summed E-state index contributed by atoms with van der Waals surface area (Å²) in [5, 5.41) is 2.40. The lowest BCUT2D eigenvalue weighted by Gasteiger charge is -2.42. The Morgan fingerprint density at radius 2 is 1.97 bits per heavy atom. The second-order valence-corrected chi connectivity index (χ2v) is 11.5. The molecular formula is C24H27ClN6O2S. The highest BCUT2D eigenvalue weighted by atomic mass is 35.5. The third-order valence-electron chi connectivity index (χ3n) is 6.56. The third kappa shape index (κ3) is 4.24. The normalized spacial score (nSPS) is 18.3. The Hall–Kier alpha value is -2.72. The number of rotatable bonds is 5. The summed E-state index contributed by atoms with van der Waals surface area (Å²) < 4.78 is 28.5. The van der Waals surface area contributed by atoms with Gasteiger partial charge in [0, 0.05) is 53.5 Å². The SMILES string of the molecule is CC(C)[C@@H]1CN(S(=O)(=O)c2cc3cc(Cl)ccc3[nH]2)CCN1Cc1ccc2c(N)ncnc2c1. The van der Waals surface area contributed by atoms with Crippen molar-refractivity contribution in [3.05, 3.63) is 59.4 Å². The molecule has 0 bridgehead atoms. The number of aromatic amines is 1. The predicted octanol–water partition coefficient (Wildman–Crippen LogP) is 3.88. The molecule has 0 saturated carbocycles. The fourth-order valence-corrected chi connectivity index (χ4v) is 6.32. The van der Waals surface area contributed by atoms with Gasteiger partial charge in [0.15, 0.2) is 0 Å². The third-order valence-corrected chi connectivity index (χ3v) is 8.58. The topological polar surface area (TPSA) is 108 Å². The van der Waals surface area contributed by atoms with Crippen molar-refractivity contribution in [2.24, 2.45) is 5.92 Å². The van der Waals surface area contributed by atoms with E-state index in [1.165, 1.54) is 6.33 Å². The van der Waals surface area contributed by atoms with Crippen LogP contribution in [-0.2, 0) is 16.6 Å². The summed E-state index contributed by atoms with van der Waals surface area (Å²) in [5.74, 6) is 0.743. The Balaban J connectivity index is 1.37. The largest absolute Gasteiger partial charge is 0.383 e. The van der Waals surface area contributed by atoms with E-state index in [2.05, 4.69) is 33.7 Å². The van der Waals surface area contributed by atoms with E-state index in [1.54, 1.807) is 28.6 Å². The second kappa shape index (κ2) is 8.81. The van der Waals surface area contributed by atoms with Crippen molar-refractivity contribution >= 4 is 49.2 Å². The Morgan fingerprint density at radius 3 is 2.76 bits per heavy atom. The minimum Gasteiger partial charge on any atom is -0.383 e. The number of benzene rings is 2. The first-order valence-corrected chi connectivity index (χ1v) is 13.1. The highest BCUT2D eigenvalue weighted by Crippen LogP contribution is 2.28. The van der Waals surface area contributed by atoms with E-state index in [0.717, 1.165) is 27.4 Å². The first-order chi connectivity index (χ1) is 16.2. The molecule has 34 heavy (non-hydrogen) atoms. The molecule has 4 aromatic rings. The maximum atomic E-state index is 13.5. The van der Waals surface area contributed by atoms with Gasteiger partial charge in [0.25, 0.3) is 10.0 Å². The van der Waals surface area contributed by atoms with Crippen molar-refractivity contribution in [1.82, 2.24) is 24.2 Å². The van der Waals surface area contributed by atoms with Gasteiger partial charge in [-0.15, -0.1) is 0 Å². The van der Waals surface area contributed by atoms with Crippen LogP contribution in [0.5, 0.6) is 0 Å². The van der Waals surface area contributed by atoms with Gasteiger partial charge < -0.3 is 10.7 Å². The molecule has 1 aliphatic heterocycles. The number of nitrogens with zero attached hydrogens (tertiary/aromatic N) is 4. The molecule has 0 unspecified atom stereocenters. The van der Waals surface area contributed by atoms with E-state index in [1.807, 2.05) is 18.2 Å². The highest BCUT2D eigenvalue weighted by molar-refractivity contribution is 7.89. The van der Waals surface area contributed by atoms with Crippen LogP contribution in [0.2, 0.25) is 5.02 Å². The molecule has 1 atom stereocenters. The summed E-state index contributed by atoms with van der Waals surface area (Å²) >= 11 is 6.07. The summed E-state index contributed by atoms with van der Waals surface area (Å²) in [6.45, 7) is 6.46. The van der Waals surface area contributed by atoms with Crippen LogP contribution in [0.3, 0.4) is 0 Å². The van der Waals surface area contributed by atoms with Gasteiger partial charge in [0.05, 0.1) is 5.52 Å². The van der Waals surface area contributed by atoms with Crippen LogP contribution in [-0.4, -0.2) is 58.3 Å². The smallest absolute Gasteiger partial charge is 0.258 e. The number of sulfonamides is 1. The highest BCUT2D eigenvalue weighted by Gasteiger charge is 2.36. The maximum Gasteiger partial charge on any atom is 0.258 e. The summed E-state index contributed by atoms with van der Waals surface area (Å²) in [6, 6.07) is 13.1. The summed E-state index contributed by atoms with van der Waals surface area (Å²) in [4.78, 5) is 13.8. The van der Waals surface area contributed by atoms with Crippen LogP contribution in [0.25, 0.3) is 21.8 Å². The quantitative estimate of drug-likeness (QED) is 0.432. The van der Waals surface area contributed by atoms with E-state index in [-0.39, 0.29) is 17.0 Å². The van der Waals surface area contributed by atoms with Crippen LogP contribution < -0.4 is 5.73 Å². The Kier molecular flexibility index (Phi) is 5.97. The zero-order valence-corrected chi connectivity index (χ0v) is 20.6. The van der Waals surface area contributed by atoms with E-state index in [4.69, 9.17) is 17.3 Å². The molecular weight excluding hydrogens is 472 g/mol. The minimum absolute atomic E-state index is 0.0773. The van der Waals surface area contributed by atoms with Gasteiger partial charge >= 0.3 is 0 Å². The minimum atomic E-state index is -3.66. The lowest BCUT2D eigenvalue weighted by Crippen LogP contribution is -2.56. The molecule has 0 spiro atoms. The first-order valence-electron chi connectivity index (χ1n) is 11.2. The number of aromatic nitrogens is 3. The molecule has 3 N–H and O–H groups in total. The number of nitrogen functional groups attached to an aromatic ring is 1. The van der Waals surface area contributed by atoms with Gasteiger partial charge in [-0.05, 0) is 47.9 Å². The van der Waals surface area contributed by atoms with Crippen LogP contribution in [0.1, 0.15) is 19.4 Å². The first kappa shape index (κ1) is 23.0. The Morgan fingerprint density at radius 1 is 1.15 bits per heavy atom. The van der Waals surface area contributed by atoms with Crippen LogP contribution in [0, 0.1) is 5.92 Å². The van der Waals surface area contributed by atoms with Crippen molar-refractivity contribution in [1.29, 1.82) is 0 Å². The standard InChI is InChI=1S/C24H27ClN6O2S/c1-15(2)22-13-31(34(32,33)23-11-17-10-18(25)4-6-20(17)29-23)8-7-30(22)12-16-3-5-19-21(9-16)27-14-28-24(19)26/h3-6,9-11,14-15,22,29H,7-8,12-13H2,1-2H3,(H2,26,27,28)/t22-/m0/s1. The lowest BCUT2D eigenvalue weighted by atomic mass is 9.99. The fourth-order valence-electron chi connectivity index (χ4n) is 4.68. The second-order valence-electron chi connectivity index (χ2n) is 9.12. The van der Waals surface area contributed by atoms with Gasteiger partial charge in [-0.1, -0.05) is 31.5 Å². The van der Waals surface area contributed by atoms with E-state index in [0.29, 0.717) is 37.0 Å². The van der Waals surface area contributed by atoms with Gasteiger partial charge in [0.1, 0.15) is 17.2 Å². The van der Waals surface area contributed by atoms with Crippen molar-refractivity contribution < 1.29 is 8.42 Å². The van der Waals surface area contributed by atoms with Gasteiger partial charge in [-0.3, -0.25) is 4.90 Å². The summed E-state index contributed by atoms with van der Waals surface area (Å²) in [7, 11) is -3.66. The number of hydrogen-bond acceptors (Lipinski definition) is 6. The zero-order valence-electron chi connectivity index (χ0n) is 19.1. The molecule has 1 aliphatic rings. The molecule has 0 amide bonds. The monoisotopic (exact) mass is 498 g/mol. The Bertz CT molecular complexity index is 1470. The summed E-state index contributed by atoms with van der Waals surface area (Å²) in [6.07, 6.45) is 1.47. The van der Waals surface area contributed by atoms with Crippen LogP contribution >= 0.6 is 11.6 Å². The van der Waals surface area contributed by atoms with E-state index < -0.39 is 10.0 Å². The number of piperazine rings is 1. The number of fused-ring (bicyclic) bond motifs is 2. The van der Waals surface area contributed by atoms with Gasteiger partial charge in [0.2, 0.25) is 0 Å². The predicted molar refractivity (Wildman–Crippen MR) is 135 cm³/mol. The number of nitrogens with two attached hydrogens (primary N) is 1. The average molecular weight is 499 g/mol. The van der Waals surface area contributed by atoms with Crippen molar-refractivity contribution in [3.63, 3.8) is 0 Å². The maximum absolute atomic E-state index is 13.5. The molecule has 8 nitrogen and oxygen atoms in total. The zero-order chi connectivity index (χ0) is 24.0.